The van der Waals surface area contributed by atoms with Crippen molar-refractivity contribution in [2.75, 3.05) is 33.2 Å². The van der Waals surface area contributed by atoms with Crippen LogP contribution in [0.5, 0.6) is 11.5 Å². The Labute approximate surface area is 424 Å². The predicted molar refractivity (Wildman–Crippen MR) is 299 cm³/mol. The normalized spacial score (nSPS) is 12.1. The van der Waals surface area contributed by atoms with Gasteiger partial charge in [0.25, 0.3) is 0 Å². The van der Waals surface area contributed by atoms with Crippen LogP contribution in [0.1, 0.15) is 203 Å². The van der Waals surface area contributed by atoms with Crippen molar-refractivity contribution in [2.45, 2.75) is 194 Å². The van der Waals surface area contributed by atoms with Gasteiger partial charge in [-0.25, -0.2) is 0 Å². The fourth-order valence-corrected chi connectivity index (χ4v) is 8.75. The number of aryl methyl sites for hydroxylation is 2. The number of nitrogens with zero attached hydrogens (tertiary/aromatic N) is 7. The Kier molecular flexibility index (Phi) is 31.0. The van der Waals surface area contributed by atoms with Crippen LogP contribution in [-0.4, -0.2) is 60.8 Å². The smallest absolute Gasteiger partial charge is 0.124 e. The molecule has 0 spiro atoms. The van der Waals surface area contributed by atoms with E-state index in [2.05, 4.69) is 80.5 Å². The summed E-state index contributed by atoms with van der Waals surface area (Å²) >= 11 is 0. The standard InChI is InChI=1S/C61H91N7O2/c1-4-6-8-10-12-14-16-18-20-22-24-26-30-52-32-36-56(37-33-52)64-66-58-40-42-60(69)54(48-58)50-62-44-28-46-68(3)47-29-45-63-51-55-49-59(41-43-61(55)70)67-65-57-38-34-53(35-39-57)31-27-25-23-21-19-17-15-13-11-9-7-5-2/h32-43,48-51,69-70H,4-31,44-47H2,1-3H3. The number of aliphatic imine (C=N–C) groups is 2. The third-order valence-electron chi connectivity index (χ3n) is 13.2. The average Bonchev–Trinajstić information content (AvgIpc) is 3.37. The van der Waals surface area contributed by atoms with Gasteiger partial charge in [-0.3, -0.25) is 9.98 Å². The van der Waals surface area contributed by atoms with E-state index >= 15 is 0 Å². The van der Waals surface area contributed by atoms with Crippen LogP contribution in [0.3, 0.4) is 0 Å². The van der Waals surface area contributed by atoms with Crippen molar-refractivity contribution in [3.8, 4) is 11.5 Å². The van der Waals surface area contributed by atoms with E-state index in [0.717, 1.165) is 50.1 Å². The number of aromatic hydroxyl groups is 2. The molecule has 0 aromatic heterocycles. The summed E-state index contributed by atoms with van der Waals surface area (Å²) in [7, 11) is 2.11. The monoisotopic (exact) mass is 954 g/mol. The van der Waals surface area contributed by atoms with Crippen molar-refractivity contribution < 1.29 is 10.2 Å². The number of azo groups is 2. The Balaban J connectivity index is 1.05. The third kappa shape index (κ3) is 26.8. The van der Waals surface area contributed by atoms with Gasteiger partial charge in [-0.2, -0.15) is 20.5 Å². The van der Waals surface area contributed by atoms with E-state index < -0.39 is 0 Å². The molecule has 4 rings (SSSR count). The van der Waals surface area contributed by atoms with Gasteiger partial charge in [-0.1, -0.05) is 179 Å². The summed E-state index contributed by atoms with van der Waals surface area (Å²) in [4.78, 5) is 11.4. The van der Waals surface area contributed by atoms with E-state index in [-0.39, 0.29) is 11.5 Å². The first-order valence-corrected chi connectivity index (χ1v) is 27.8. The van der Waals surface area contributed by atoms with Crippen molar-refractivity contribution in [1.29, 1.82) is 0 Å². The first kappa shape index (κ1) is 57.6. The van der Waals surface area contributed by atoms with Crippen LogP contribution in [0, 0.1) is 0 Å². The van der Waals surface area contributed by atoms with Crippen LogP contribution in [-0.2, 0) is 12.8 Å². The number of hydrogen-bond acceptors (Lipinski definition) is 9. The molecule has 0 aliphatic carbocycles. The van der Waals surface area contributed by atoms with Crippen LogP contribution in [0.25, 0.3) is 0 Å². The number of hydrogen-bond donors (Lipinski definition) is 2. The van der Waals surface area contributed by atoms with Crippen LogP contribution < -0.4 is 0 Å². The van der Waals surface area contributed by atoms with E-state index in [1.165, 1.54) is 165 Å². The van der Waals surface area contributed by atoms with Crippen molar-refractivity contribution in [3.05, 3.63) is 107 Å². The minimum absolute atomic E-state index is 0.174. The summed E-state index contributed by atoms with van der Waals surface area (Å²) in [5.41, 5.74) is 6.94. The SMILES string of the molecule is CCCCCCCCCCCCCCc1ccc(N=Nc2ccc(O)c(C=NCCCN(C)CCCN=Cc3cc(N=Nc4ccc(CCCCCCCCCCCCCC)cc4)ccc3O)c2)cc1. The topological polar surface area (TPSA) is 118 Å². The van der Waals surface area contributed by atoms with Gasteiger partial charge in [0.1, 0.15) is 11.5 Å². The van der Waals surface area contributed by atoms with E-state index in [1.807, 2.05) is 36.4 Å². The molecule has 0 atom stereocenters. The van der Waals surface area contributed by atoms with E-state index in [9.17, 15) is 10.2 Å². The summed E-state index contributed by atoms with van der Waals surface area (Å²) in [5.74, 6) is 0.347. The summed E-state index contributed by atoms with van der Waals surface area (Å²) in [6.07, 6.45) is 40.3. The summed E-state index contributed by atoms with van der Waals surface area (Å²) in [6, 6.07) is 27.2. The van der Waals surface area contributed by atoms with E-state index in [4.69, 9.17) is 0 Å². The van der Waals surface area contributed by atoms with Gasteiger partial charge in [-0.05, 0) is 130 Å². The third-order valence-corrected chi connectivity index (χ3v) is 13.2. The molecule has 0 fully saturated rings. The van der Waals surface area contributed by atoms with E-state index in [1.54, 1.807) is 36.7 Å². The Hall–Kier alpha value is -5.02. The molecule has 382 valence electrons. The quantitative estimate of drug-likeness (QED) is 0.0263. The predicted octanol–water partition coefficient (Wildman–Crippen LogP) is 18.7. The minimum Gasteiger partial charge on any atom is -0.507 e. The van der Waals surface area contributed by atoms with E-state index in [0.29, 0.717) is 35.6 Å². The van der Waals surface area contributed by atoms with Gasteiger partial charge in [0.05, 0.1) is 22.7 Å². The highest BCUT2D eigenvalue weighted by molar-refractivity contribution is 5.85. The van der Waals surface area contributed by atoms with Crippen LogP contribution in [0.4, 0.5) is 22.7 Å². The Morgan fingerprint density at radius 3 is 1.01 bits per heavy atom. The molecule has 0 radical (unpaired) electrons. The maximum Gasteiger partial charge on any atom is 0.124 e. The zero-order valence-electron chi connectivity index (χ0n) is 43.9. The van der Waals surface area contributed by atoms with Crippen molar-refractivity contribution in [2.24, 2.45) is 30.4 Å². The molecule has 2 N–H and O–H groups in total. The highest BCUT2D eigenvalue weighted by atomic mass is 16.3. The first-order valence-electron chi connectivity index (χ1n) is 27.8. The molecule has 0 saturated heterocycles. The molecule has 0 amide bonds. The molecule has 70 heavy (non-hydrogen) atoms. The van der Waals surface area contributed by atoms with Crippen LogP contribution in [0.2, 0.25) is 0 Å². The van der Waals surface area contributed by atoms with Crippen LogP contribution >= 0.6 is 0 Å². The number of phenolic OH excluding ortho intramolecular Hbond substituents is 2. The molecule has 0 saturated carbocycles. The molecule has 0 aliphatic heterocycles. The van der Waals surface area contributed by atoms with Crippen molar-refractivity contribution in [3.63, 3.8) is 0 Å². The molecule has 0 bridgehead atoms. The molecule has 4 aromatic carbocycles. The lowest BCUT2D eigenvalue weighted by Gasteiger charge is -2.14. The first-order chi connectivity index (χ1) is 34.4. The molecular weight excluding hydrogens is 863 g/mol. The lowest BCUT2D eigenvalue weighted by molar-refractivity contribution is 0.329. The summed E-state index contributed by atoms with van der Waals surface area (Å²) in [5, 5.41) is 38.7. The molecular formula is C61H91N7O2. The van der Waals surface area contributed by atoms with Gasteiger partial charge < -0.3 is 15.1 Å². The van der Waals surface area contributed by atoms with Crippen molar-refractivity contribution >= 4 is 35.2 Å². The Morgan fingerprint density at radius 2 is 0.671 bits per heavy atom. The highest BCUT2D eigenvalue weighted by Crippen LogP contribution is 2.27. The van der Waals surface area contributed by atoms with Gasteiger partial charge in [0.2, 0.25) is 0 Å². The average molecular weight is 954 g/mol. The van der Waals surface area contributed by atoms with Gasteiger partial charge in [0.15, 0.2) is 0 Å². The minimum atomic E-state index is 0.174. The second kappa shape index (κ2) is 37.8. The summed E-state index contributed by atoms with van der Waals surface area (Å²) < 4.78 is 0. The second-order valence-corrected chi connectivity index (χ2v) is 19.6. The summed E-state index contributed by atoms with van der Waals surface area (Å²) in [6.45, 7) is 7.66. The number of rotatable bonds is 40. The molecule has 4 aromatic rings. The number of benzene rings is 4. The van der Waals surface area contributed by atoms with Crippen molar-refractivity contribution in [1.82, 2.24) is 4.90 Å². The van der Waals surface area contributed by atoms with Crippen LogP contribution in [0.15, 0.2) is 115 Å². The molecule has 9 heteroatoms. The maximum absolute atomic E-state index is 10.5. The van der Waals surface area contributed by atoms with Gasteiger partial charge in [-0.15, -0.1) is 0 Å². The largest absolute Gasteiger partial charge is 0.507 e. The molecule has 9 nitrogen and oxygen atoms in total. The fourth-order valence-electron chi connectivity index (χ4n) is 8.75. The van der Waals surface area contributed by atoms with Gasteiger partial charge in [0, 0.05) is 36.6 Å². The fraction of sp³-hybridized carbons (Fsp3) is 0.574. The molecule has 0 unspecified atom stereocenters. The molecule has 0 aliphatic rings. The Morgan fingerprint density at radius 1 is 0.371 bits per heavy atom. The number of unbranched alkanes of at least 4 members (excludes halogenated alkanes) is 22. The van der Waals surface area contributed by atoms with Gasteiger partial charge >= 0.3 is 0 Å². The molecule has 0 heterocycles. The number of phenols is 2. The zero-order chi connectivity index (χ0) is 49.5. The maximum atomic E-state index is 10.5. The second-order valence-electron chi connectivity index (χ2n) is 19.6. The zero-order valence-corrected chi connectivity index (χ0v) is 43.9. The lowest BCUT2D eigenvalue weighted by Crippen LogP contribution is -2.22. The highest BCUT2D eigenvalue weighted by Gasteiger charge is 2.05. The lowest BCUT2D eigenvalue weighted by atomic mass is 10.0. The Bertz CT molecular complexity index is 1910.